The van der Waals surface area contributed by atoms with Gasteiger partial charge in [0.25, 0.3) is 0 Å². The number of benzene rings is 2. The van der Waals surface area contributed by atoms with Gasteiger partial charge in [0.2, 0.25) is 0 Å². The number of para-hydroxylation sites is 1. The van der Waals surface area contributed by atoms with Crippen molar-refractivity contribution in [2.45, 2.75) is 13.2 Å². The smallest absolute Gasteiger partial charge is 0.124 e. The van der Waals surface area contributed by atoms with Gasteiger partial charge in [-0.05, 0) is 19.2 Å². The molecule has 0 radical (unpaired) electrons. The summed E-state index contributed by atoms with van der Waals surface area (Å²) in [4.78, 5) is 0. The molecule has 0 spiro atoms. The first-order valence-electron chi connectivity index (χ1n) is 6.18. The van der Waals surface area contributed by atoms with Crippen LogP contribution < -0.4 is 10.1 Å². The second-order valence-electron chi connectivity index (χ2n) is 4.20. The van der Waals surface area contributed by atoms with Crippen LogP contribution >= 0.6 is 0 Å². The fraction of sp³-hybridized carbons (Fsp3) is 0.188. The number of nitriles is 1. The molecule has 0 atom stereocenters. The maximum absolute atomic E-state index is 9.04. The minimum Gasteiger partial charge on any atom is -0.489 e. The molecule has 0 aliphatic rings. The van der Waals surface area contributed by atoms with E-state index in [-0.39, 0.29) is 0 Å². The summed E-state index contributed by atoms with van der Waals surface area (Å²) in [6, 6.07) is 17.6. The van der Waals surface area contributed by atoms with Crippen LogP contribution in [0.5, 0.6) is 5.75 Å². The minimum absolute atomic E-state index is 0.407. The van der Waals surface area contributed by atoms with E-state index in [0.29, 0.717) is 12.2 Å². The molecule has 0 fully saturated rings. The predicted molar refractivity (Wildman–Crippen MR) is 74.7 cm³/mol. The Morgan fingerprint density at radius 2 is 1.74 bits per heavy atom. The van der Waals surface area contributed by atoms with Gasteiger partial charge < -0.3 is 10.1 Å². The van der Waals surface area contributed by atoms with Crippen molar-refractivity contribution in [3.05, 3.63) is 65.2 Å². The van der Waals surface area contributed by atoms with Gasteiger partial charge in [0, 0.05) is 17.7 Å². The molecule has 0 bridgehead atoms. The number of hydrogen-bond acceptors (Lipinski definition) is 3. The lowest BCUT2D eigenvalue weighted by Crippen LogP contribution is -2.07. The van der Waals surface area contributed by atoms with Gasteiger partial charge in [-0.1, -0.05) is 36.4 Å². The van der Waals surface area contributed by atoms with E-state index in [1.165, 1.54) is 0 Å². The van der Waals surface area contributed by atoms with Gasteiger partial charge in [0.15, 0.2) is 0 Å². The molecular weight excluding hydrogens is 236 g/mol. The Morgan fingerprint density at radius 3 is 2.47 bits per heavy atom. The summed E-state index contributed by atoms with van der Waals surface area (Å²) >= 11 is 0. The van der Waals surface area contributed by atoms with E-state index in [4.69, 9.17) is 10.00 Å². The van der Waals surface area contributed by atoms with E-state index in [1.807, 2.05) is 49.5 Å². The van der Waals surface area contributed by atoms with E-state index in [0.717, 1.165) is 23.4 Å². The minimum atomic E-state index is 0.407. The summed E-state index contributed by atoms with van der Waals surface area (Å²) in [5, 5.41) is 12.2. The van der Waals surface area contributed by atoms with Crippen molar-refractivity contribution >= 4 is 0 Å². The third-order valence-electron chi connectivity index (χ3n) is 2.86. The molecule has 19 heavy (non-hydrogen) atoms. The molecule has 2 aromatic rings. The average molecular weight is 252 g/mol. The molecule has 0 aliphatic heterocycles. The van der Waals surface area contributed by atoms with Crippen LogP contribution in [0.25, 0.3) is 0 Å². The largest absolute Gasteiger partial charge is 0.489 e. The summed E-state index contributed by atoms with van der Waals surface area (Å²) in [6.45, 7) is 1.17. The van der Waals surface area contributed by atoms with Gasteiger partial charge in [0.1, 0.15) is 12.4 Å². The standard InChI is InChI=1S/C16H16N2O/c1-18-11-14-7-4-5-9-16(14)19-12-15-8-3-2-6-13(15)10-17/h2-9,18H,11-12H2,1H3. The van der Waals surface area contributed by atoms with Crippen LogP contribution in [0.2, 0.25) is 0 Å². The molecule has 0 saturated heterocycles. The zero-order valence-electron chi connectivity index (χ0n) is 10.9. The third kappa shape index (κ3) is 3.34. The van der Waals surface area contributed by atoms with Crippen LogP contribution in [0.1, 0.15) is 16.7 Å². The van der Waals surface area contributed by atoms with Crippen LogP contribution in [-0.4, -0.2) is 7.05 Å². The highest BCUT2D eigenvalue weighted by Crippen LogP contribution is 2.20. The van der Waals surface area contributed by atoms with Crippen molar-refractivity contribution < 1.29 is 4.74 Å². The molecule has 96 valence electrons. The van der Waals surface area contributed by atoms with Crippen LogP contribution in [-0.2, 0) is 13.2 Å². The molecule has 2 aromatic carbocycles. The fourth-order valence-corrected chi connectivity index (χ4v) is 1.89. The highest BCUT2D eigenvalue weighted by Gasteiger charge is 2.05. The summed E-state index contributed by atoms with van der Waals surface area (Å²) in [5.41, 5.74) is 2.68. The molecule has 0 unspecified atom stereocenters. The van der Waals surface area contributed by atoms with E-state index in [1.54, 1.807) is 6.07 Å². The van der Waals surface area contributed by atoms with Crippen molar-refractivity contribution in [1.82, 2.24) is 5.32 Å². The second-order valence-corrected chi connectivity index (χ2v) is 4.20. The van der Waals surface area contributed by atoms with E-state index >= 15 is 0 Å². The highest BCUT2D eigenvalue weighted by molar-refractivity contribution is 5.38. The summed E-state index contributed by atoms with van der Waals surface area (Å²) in [5.74, 6) is 0.851. The first-order chi connectivity index (χ1) is 9.35. The molecule has 3 heteroatoms. The molecule has 3 nitrogen and oxygen atoms in total. The summed E-state index contributed by atoms with van der Waals surface area (Å²) in [7, 11) is 1.90. The van der Waals surface area contributed by atoms with Gasteiger partial charge in [-0.3, -0.25) is 0 Å². The van der Waals surface area contributed by atoms with Gasteiger partial charge in [-0.15, -0.1) is 0 Å². The molecule has 1 N–H and O–H groups in total. The quantitative estimate of drug-likeness (QED) is 0.890. The number of hydrogen-bond donors (Lipinski definition) is 1. The van der Waals surface area contributed by atoms with Crippen LogP contribution in [0, 0.1) is 11.3 Å². The number of ether oxygens (including phenoxy) is 1. The summed E-state index contributed by atoms with van der Waals surface area (Å²) < 4.78 is 5.83. The average Bonchev–Trinajstić information content (AvgIpc) is 2.47. The number of nitrogens with zero attached hydrogens (tertiary/aromatic N) is 1. The molecule has 0 heterocycles. The molecule has 0 aromatic heterocycles. The van der Waals surface area contributed by atoms with Crippen LogP contribution in [0.3, 0.4) is 0 Å². The Hall–Kier alpha value is -2.31. The highest BCUT2D eigenvalue weighted by atomic mass is 16.5. The lowest BCUT2D eigenvalue weighted by atomic mass is 10.1. The third-order valence-corrected chi connectivity index (χ3v) is 2.86. The van der Waals surface area contributed by atoms with Gasteiger partial charge in [0.05, 0.1) is 11.6 Å². The predicted octanol–water partition coefficient (Wildman–Crippen LogP) is 2.86. The van der Waals surface area contributed by atoms with Crippen molar-refractivity contribution in [2.24, 2.45) is 0 Å². The Morgan fingerprint density at radius 1 is 1.05 bits per heavy atom. The van der Waals surface area contributed by atoms with Crippen molar-refractivity contribution in [2.75, 3.05) is 7.05 Å². The van der Waals surface area contributed by atoms with E-state index < -0.39 is 0 Å². The topological polar surface area (TPSA) is 45.0 Å². The SMILES string of the molecule is CNCc1ccccc1OCc1ccccc1C#N. The van der Waals surface area contributed by atoms with E-state index in [9.17, 15) is 0 Å². The molecule has 0 saturated carbocycles. The van der Waals surface area contributed by atoms with Crippen molar-refractivity contribution in [3.8, 4) is 11.8 Å². The van der Waals surface area contributed by atoms with E-state index in [2.05, 4.69) is 11.4 Å². The monoisotopic (exact) mass is 252 g/mol. The molecule has 0 amide bonds. The Labute approximate surface area is 113 Å². The van der Waals surface area contributed by atoms with Gasteiger partial charge in [-0.25, -0.2) is 0 Å². The second kappa shape index (κ2) is 6.58. The lowest BCUT2D eigenvalue weighted by Gasteiger charge is -2.11. The van der Waals surface area contributed by atoms with Crippen LogP contribution in [0.4, 0.5) is 0 Å². The maximum Gasteiger partial charge on any atom is 0.124 e. The zero-order chi connectivity index (χ0) is 13.5. The van der Waals surface area contributed by atoms with Gasteiger partial charge in [-0.2, -0.15) is 5.26 Å². The Bertz CT molecular complexity index is 587. The number of nitrogens with one attached hydrogen (secondary N) is 1. The Balaban J connectivity index is 2.13. The number of rotatable bonds is 5. The molecular formula is C16H16N2O. The first-order valence-corrected chi connectivity index (χ1v) is 6.18. The fourth-order valence-electron chi connectivity index (χ4n) is 1.89. The molecule has 2 rings (SSSR count). The lowest BCUT2D eigenvalue weighted by molar-refractivity contribution is 0.302. The Kier molecular flexibility index (Phi) is 4.54. The van der Waals surface area contributed by atoms with Crippen molar-refractivity contribution in [1.29, 1.82) is 5.26 Å². The molecule has 0 aliphatic carbocycles. The van der Waals surface area contributed by atoms with Crippen molar-refractivity contribution in [3.63, 3.8) is 0 Å². The normalized spacial score (nSPS) is 9.89. The maximum atomic E-state index is 9.04. The summed E-state index contributed by atoms with van der Waals surface area (Å²) in [6.07, 6.45) is 0. The van der Waals surface area contributed by atoms with Crippen LogP contribution in [0.15, 0.2) is 48.5 Å². The first kappa shape index (κ1) is 13.1. The van der Waals surface area contributed by atoms with Gasteiger partial charge >= 0.3 is 0 Å². The zero-order valence-corrected chi connectivity index (χ0v) is 10.9.